The number of nitrogens with one attached hydrogen (secondary N) is 2. The van der Waals surface area contributed by atoms with Gasteiger partial charge >= 0.3 is 0 Å². The van der Waals surface area contributed by atoms with E-state index in [1.807, 2.05) is 13.8 Å². The lowest BCUT2D eigenvalue weighted by atomic mass is 10.1. The number of amides is 1. The van der Waals surface area contributed by atoms with Gasteiger partial charge < -0.3 is 16.4 Å². The summed E-state index contributed by atoms with van der Waals surface area (Å²) >= 11 is 0. The van der Waals surface area contributed by atoms with Gasteiger partial charge in [0.2, 0.25) is 0 Å². The molecule has 110 valence electrons. The third-order valence-electron chi connectivity index (χ3n) is 2.95. The first-order chi connectivity index (χ1) is 10.1. The molecule has 1 amide bonds. The van der Waals surface area contributed by atoms with Crippen LogP contribution in [0.3, 0.4) is 0 Å². The Morgan fingerprint density at radius 1 is 1.29 bits per heavy atom. The first-order valence-corrected chi connectivity index (χ1v) is 6.79. The minimum Gasteiger partial charge on any atom is -0.397 e. The Balaban J connectivity index is 2.04. The van der Waals surface area contributed by atoms with Crippen molar-refractivity contribution in [1.29, 1.82) is 0 Å². The van der Waals surface area contributed by atoms with Gasteiger partial charge in [0.05, 0.1) is 35.5 Å². The molecule has 0 aliphatic rings. The van der Waals surface area contributed by atoms with Gasteiger partial charge in [0.25, 0.3) is 5.91 Å². The molecule has 1 aromatic heterocycles. The minimum absolute atomic E-state index is 0.125. The summed E-state index contributed by atoms with van der Waals surface area (Å²) in [6, 6.07) is 5.19. The molecule has 0 aliphatic carbocycles. The number of benzene rings is 1. The number of aryl methyl sites for hydroxylation is 1. The van der Waals surface area contributed by atoms with Gasteiger partial charge in [0.15, 0.2) is 0 Å². The number of carbonyl (C=O) groups excluding carboxylic acids is 1. The van der Waals surface area contributed by atoms with Crippen LogP contribution in [0.15, 0.2) is 30.6 Å². The lowest BCUT2D eigenvalue weighted by molar-refractivity contribution is 0.0956. The molecule has 0 fully saturated rings. The van der Waals surface area contributed by atoms with Crippen LogP contribution in [0.5, 0.6) is 0 Å². The topological polar surface area (TPSA) is 92.9 Å². The number of nitrogens with two attached hydrogens (primary N) is 1. The normalized spacial score (nSPS) is 10.2. The van der Waals surface area contributed by atoms with E-state index in [4.69, 9.17) is 5.73 Å². The number of hydrogen-bond donors (Lipinski definition) is 3. The van der Waals surface area contributed by atoms with Crippen molar-refractivity contribution in [1.82, 2.24) is 15.3 Å². The van der Waals surface area contributed by atoms with E-state index in [0.29, 0.717) is 24.3 Å². The quantitative estimate of drug-likeness (QED) is 0.727. The summed E-state index contributed by atoms with van der Waals surface area (Å²) in [6.45, 7) is 4.88. The van der Waals surface area contributed by atoms with Gasteiger partial charge in [-0.1, -0.05) is 0 Å². The Hall–Kier alpha value is -2.63. The lowest BCUT2D eigenvalue weighted by Crippen LogP contribution is -2.22. The zero-order chi connectivity index (χ0) is 15.2. The van der Waals surface area contributed by atoms with Gasteiger partial charge in [-0.05, 0) is 32.0 Å². The SMILES string of the molecule is CCNC(=O)c1ccc(NCc2cnc(C)cn2)c(N)c1. The average molecular weight is 285 g/mol. The molecule has 0 saturated heterocycles. The van der Waals surface area contributed by atoms with Crippen molar-refractivity contribution < 1.29 is 4.79 Å². The first kappa shape index (κ1) is 14.8. The van der Waals surface area contributed by atoms with Crippen LogP contribution in [0, 0.1) is 6.92 Å². The van der Waals surface area contributed by atoms with E-state index >= 15 is 0 Å². The minimum atomic E-state index is -0.125. The predicted octanol–water partition coefficient (Wildman–Crippen LogP) is 1.73. The Labute approximate surface area is 123 Å². The summed E-state index contributed by atoms with van der Waals surface area (Å²) in [6.07, 6.45) is 3.44. The van der Waals surface area contributed by atoms with Crippen LogP contribution in [-0.2, 0) is 6.54 Å². The van der Waals surface area contributed by atoms with Crippen molar-refractivity contribution >= 4 is 17.3 Å². The second-order valence-electron chi connectivity index (χ2n) is 4.66. The van der Waals surface area contributed by atoms with Crippen molar-refractivity contribution in [3.05, 3.63) is 47.5 Å². The molecule has 0 atom stereocenters. The van der Waals surface area contributed by atoms with E-state index in [9.17, 15) is 4.79 Å². The highest BCUT2D eigenvalue weighted by molar-refractivity contribution is 5.96. The Morgan fingerprint density at radius 2 is 2.10 bits per heavy atom. The maximum absolute atomic E-state index is 11.7. The Morgan fingerprint density at radius 3 is 2.71 bits per heavy atom. The molecule has 1 aromatic carbocycles. The number of rotatable bonds is 5. The Bertz CT molecular complexity index is 624. The summed E-state index contributed by atoms with van der Waals surface area (Å²) in [5.74, 6) is -0.125. The lowest BCUT2D eigenvalue weighted by Gasteiger charge is -2.10. The number of nitrogens with zero attached hydrogens (tertiary/aromatic N) is 2. The highest BCUT2D eigenvalue weighted by Gasteiger charge is 2.07. The number of anilines is 2. The summed E-state index contributed by atoms with van der Waals surface area (Å²) in [7, 11) is 0. The van der Waals surface area contributed by atoms with Crippen molar-refractivity contribution in [2.24, 2.45) is 0 Å². The zero-order valence-electron chi connectivity index (χ0n) is 12.2. The van der Waals surface area contributed by atoms with Gasteiger partial charge in [0, 0.05) is 18.3 Å². The van der Waals surface area contributed by atoms with Gasteiger partial charge in [-0.25, -0.2) is 0 Å². The number of carbonyl (C=O) groups is 1. The van der Waals surface area contributed by atoms with Crippen molar-refractivity contribution in [2.75, 3.05) is 17.6 Å². The summed E-state index contributed by atoms with van der Waals surface area (Å²) in [4.78, 5) is 20.2. The maximum Gasteiger partial charge on any atom is 0.251 e. The van der Waals surface area contributed by atoms with E-state index in [0.717, 1.165) is 17.1 Å². The second-order valence-corrected chi connectivity index (χ2v) is 4.66. The first-order valence-electron chi connectivity index (χ1n) is 6.79. The van der Waals surface area contributed by atoms with Gasteiger partial charge in [0.1, 0.15) is 0 Å². The van der Waals surface area contributed by atoms with Crippen LogP contribution in [-0.4, -0.2) is 22.4 Å². The molecule has 0 aliphatic heterocycles. The van der Waals surface area contributed by atoms with Crippen LogP contribution < -0.4 is 16.4 Å². The van der Waals surface area contributed by atoms with Crippen molar-refractivity contribution in [2.45, 2.75) is 20.4 Å². The molecular weight excluding hydrogens is 266 g/mol. The van der Waals surface area contributed by atoms with Gasteiger partial charge in [-0.2, -0.15) is 0 Å². The summed E-state index contributed by atoms with van der Waals surface area (Å²) in [5.41, 5.74) is 9.52. The molecule has 0 saturated carbocycles. The third-order valence-corrected chi connectivity index (χ3v) is 2.95. The summed E-state index contributed by atoms with van der Waals surface area (Å²) in [5, 5.41) is 5.93. The molecule has 21 heavy (non-hydrogen) atoms. The molecule has 2 aromatic rings. The van der Waals surface area contributed by atoms with E-state index < -0.39 is 0 Å². The largest absolute Gasteiger partial charge is 0.397 e. The fourth-order valence-electron chi connectivity index (χ4n) is 1.82. The Kier molecular flexibility index (Phi) is 4.71. The molecule has 4 N–H and O–H groups in total. The van der Waals surface area contributed by atoms with Crippen molar-refractivity contribution in [3.8, 4) is 0 Å². The van der Waals surface area contributed by atoms with E-state index in [1.54, 1.807) is 30.6 Å². The van der Waals surface area contributed by atoms with Crippen molar-refractivity contribution in [3.63, 3.8) is 0 Å². The second kappa shape index (κ2) is 6.69. The monoisotopic (exact) mass is 285 g/mol. The molecule has 1 heterocycles. The van der Waals surface area contributed by atoms with E-state index in [1.165, 1.54) is 0 Å². The van der Waals surface area contributed by atoms with Gasteiger partial charge in [-0.3, -0.25) is 14.8 Å². The van der Waals surface area contributed by atoms with E-state index in [-0.39, 0.29) is 5.91 Å². The number of nitrogen functional groups attached to an aromatic ring is 1. The fraction of sp³-hybridized carbons (Fsp3) is 0.267. The number of aromatic nitrogens is 2. The predicted molar refractivity (Wildman–Crippen MR) is 83.0 cm³/mol. The average Bonchev–Trinajstić information content (AvgIpc) is 2.48. The van der Waals surface area contributed by atoms with Crippen LogP contribution in [0.25, 0.3) is 0 Å². The standard InChI is InChI=1S/C15H19N5O/c1-3-17-15(21)11-4-5-14(13(16)6-11)20-9-12-8-18-10(2)7-19-12/h4-8,20H,3,9,16H2,1-2H3,(H,17,21). The smallest absolute Gasteiger partial charge is 0.251 e. The van der Waals surface area contributed by atoms with Crippen LogP contribution in [0.4, 0.5) is 11.4 Å². The molecule has 6 heteroatoms. The molecule has 0 spiro atoms. The zero-order valence-corrected chi connectivity index (χ0v) is 12.2. The third kappa shape index (κ3) is 3.92. The van der Waals surface area contributed by atoms with Crippen LogP contribution in [0.1, 0.15) is 28.7 Å². The molecular formula is C15H19N5O. The molecule has 0 radical (unpaired) electrons. The molecule has 2 rings (SSSR count). The number of hydrogen-bond acceptors (Lipinski definition) is 5. The highest BCUT2D eigenvalue weighted by Crippen LogP contribution is 2.20. The van der Waals surface area contributed by atoms with E-state index in [2.05, 4.69) is 20.6 Å². The fourth-order valence-corrected chi connectivity index (χ4v) is 1.82. The van der Waals surface area contributed by atoms with Crippen LogP contribution in [0.2, 0.25) is 0 Å². The molecule has 6 nitrogen and oxygen atoms in total. The highest BCUT2D eigenvalue weighted by atomic mass is 16.1. The summed E-state index contributed by atoms with van der Waals surface area (Å²) < 4.78 is 0. The maximum atomic E-state index is 11.7. The molecule has 0 bridgehead atoms. The molecule has 0 unspecified atom stereocenters. The van der Waals surface area contributed by atoms with Gasteiger partial charge in [-0.15, -0.1) is 0 Å². The van der Waals surface area contributed by atoms with Crippen LogP contribution >= 0.6 is 0 Å².